The number of rotatable bonds is 3. The number of hydrogen-bond acceptors (Lipinski definition) is 1. The summed E-state index contributed by atoms with van der Waals surface area (Å²) in [7, 11) is 0. The number of hydrogen-bond donors (Lipinski definition) is 0. The highest BCUT2D eigenvalue weighted by atomic mass is 35.5. The molecule has 0 unspecified atom stereocenters. The standard InChI is InChI=1S/C10H15ClO/c1-7(2)4-10-5-9(6-11)8(3)12-10/h5,7H,4,6H2,1-3H3. The van der Waals surface area contributed by atoms with Crippen LogP contribution in [0.4, 0.5) is 0 Å². The fraction of sp³-hybridized carbons (Fsp3) is 0.600. The molecule has 1 rings (SSSR count). The zero-order chi connectivity index (χ0) is 9.14. The summed E-state index contributed by atoms with van der Waals surface area (Å²) in [4.78, 5) is 0. The third-order valence-electron chi connectivity index (χ3n) is 1.83. The topological polar surface area (TPSA) is 13.1 Å². The number of halogens is 1. The minimum absolute atomic E-state index is 0.549. The molecule has 2 heteroatoms. The molecule has 1 nitrogen and oxygen atoms in total. The van der Waals surface area contributed by atoms with Gasteiger partial charge in [0.25, 0.3) is 0 Å². The van der Waals surface area contributed by atoms with Crippen LogP contribution in [0.15, 0.2) is 10.5 Å². The lowest BCUT2D eigenvalue weighted by atomic mass is 10.1. The molecule has 0 atom stereocenters. The summed E-state index contributed by atoms with van der Waals surface area (Å²) in [5.74, 6) is 3.20. The molecule has 0 saturated carbocycles. The van der Waals surface area contributed by atoms with Crippen molar-refractivity contribution >= 4 is 11.6 Å². The van der Waals surface area contributed by atoms with Gasteiger partial charge in [0.1, 0.15) is 11.5 Å². The summed E-state index contributed by atoms with van der Waals surface area (Å²) in [6.07, 6.45) is 0.998. The first-order chi connectivity index (χ1) is 5.63. The van der Waals surface area contributed by atoms with Crippen molar-refractivity contribution in [3.8, 4) is 0 Å². The van der Waals surface area contributed by atoms with E-state index in [2.05, 4.69) is 19.9 Å². The molecule has 0 N–H and O–H groups in total. The highest BCUT2D eigenvalue weighted by Crippen LogP contribution is 2.18. The summed E-state index contributed by atoms with van der Waals surface area (Å²) < 4.78 is 5.53. The molecular formula is C10H15ClO. The fourth-order valence-electron chi connectivity index (χ4n) is 1.22. The molecule has 0 radical (unpaired) electrons. The van der Waals surface area contributed by atoms with Gasteiger partial charge in [0.15, 0.2) is 0 Å². The second kappa shape index (κ2) is 3.99. The van der Waals surface area contributed by atoms with Crippen LogP contribution in [0.3, 0.4) is 0 Å². The average molecular weight is 187 g/mol. The zero-order valence-electron chi connectivity index (χ0n) is 7.86. The molecule has 0 aliphatic rings. The van der Waals surface area contributed by atoms with Crippen molar-refractivity contribution in [1.82, 2.24) is 0 Å². The minimum atomic E-state index is 0.549. The van der Waals surface area contributed by atoms with Crippen molar-refractivity contribution in [1.29, 1.82) is 0 Å². The van der Waals surface area contributed by atoms with E-state index < -0.39 is 0 Å². The van der Waals surface area contributed by atoms with Crippen LogP contribution in [0.25, 0.3) is 0 Å². The van der Waals surface area contributed by atoms with E-state index in [1.54, 1.807) is 0 Å². The Morgan fingerprint density at radius 2 is 2.17 bits per heavy atom. The fourth-order valence-corrected chi connectivity index (χ4v) is 1.49. The highest BCUT2D eigenvalue weighted by Gasteiger charge is 2.07. The zero-order valence-corrected chi connectivity index (χ0v) is 8.61. The maximum Gasteiger partial charge on any atom is 0.105 e. The first kappa shape index (κ1) is 9.66. The normalized spacial score (nSPS) is 11.1. The molecule has 0 aliphatic carbocycles. The van der Waals surface area contributed by atoms with Crippen molar-refractivity contribution in [2.45, 2.75) is 33.1 Å². The van der Waals surface area contributed by atoms with Gasteiger partial charge in [-0.05, 0) is 18.9 Å². The van der Waals surface area contributed by atoms with E-state index >= 15 is 0 Å². The third kappa shape index (κ3) is 2.28. The van der Waals surface area contributed by atoms with Crippen molar-refractivity contribution in [3.63, 3.8) is 0 Å². The lowest BCUT2D eigenvalue weighted by Crippen LogP contribution is -1.90. The van der Waals surface area contributed by atoms with Crippen LogP contribution in [0, 0.1) is 12.8 Å². The lowest BCUT2D eigenvalue weighted by molar-refractivity contribution is 0.452. The molecule has 68 valence electrons. The van der Waals surface area contributed by atoms with Gasteiger partial charge in [-0.3, -0.25) is 0 Å². The summed E-state index contributed by atoms with van der Waals surface area (Å²) in [5, 5.41) is 0. The molecule has 0 spiro atoms. The van der Waals surface area contributed by atoms with Crippen molar-refractivity contribution in [2.24, 2.45) is 5.92 Å². The Morgan fingerprint density at radius 1 is 1.50 bits per heavy atom. The second-order valence-electron chi connectivity index (χ2n) is 3.53. The molecule has 0 bridgehead atoms. The van der Waals surface area contributed by atoms with Crippen LogP contribution in [0.5, 0.6) is 0 Å². The monoisotopic (exact) mass is 186 g/mol. The van der Waals surface area contributed by atoms with E-state index in [4.69, 9.17) is 16.0 Å². The minimum Gasteiger partial charge on any atom is -0.466 e. The maximum absolute atomic E-state index is 5.72. The maximum atomic E-state index is 5.72. The Morgan fingerprint density at radius 3 is 2.58 bits per heavy atom. The van der Waals surface area contributed by atoms with Crippen LogP contribution in [-0.4, -0.2) is 0 Å². The first-order valence-corrected chi connectivity index (χ1v) is 4.81. The molecule has 1 aromatic heterocycles. The molecule has 0 fully saturated rings. The smallest absolute Gasteiger partial charge is 0.105 e. The Kier molecular flexibility index (Phi) is 3.21. The van der Waals surface area contributed by atoms with Gasteiger partial charge in [-0.25, -0.2) is 0 Å². The molecule has 0 aliphatic heterocycles. The van der Waals surface area contributed by atoms with E-state index in [1.165, 1.54) is 0 Å². The van der Waals surface area contributed by atoms with Gasteiger partial charge >= 0.3 is 0 Å². The van der Waals surface area contributed by atoms with Crippen LogP contribution in [-0.2, 0) is 12.3 Å². The van der Waals surface area contributed by atoms with Crippen LogP contribution in [0.1, 0.15) is 30.9 Å². The van der Waals surface area contributed by atoms with E-state index in [1.807, 2.05) is 6.92 Å². The van der Waals surface area contributed by atoms with Crippen molar-refractivity contribution < 1.29 is 4.42 Å². The van der Waals surface area contributed by atoms with E-state index in [0.29, 0.717) is 11.8 Å². The number of furan rings is 1. The Labute approximate surface area is 78.7 Å². The predicted molar refractivity (Wildman–Crippen MR) is 51.5 cm³/mol. The van der Waals surface area contributed by atoms with Gasteiger partial charge in [-0.15, -0.1) is 11.6 Å². The third-order valence-corrected chi connectivity index (χ3v) is 2.11. The van der Waals surface area contributed by atoms with Crippen LogP contribution >= 0.6 is 11.6 Å². The SMILES string of the molecule is Cc1oc(CC(C)C)cc1CCl. The van der Waals surface area contributed by atoms with Gasteiger partial charge < -0.3 is 4.42 Å². The highest BCUT2D eigenvalue weighted by molar-refractivity contribution is 6.17. The molecule has 1 aromatic rings. The quantitative estimate of drug-likeness (QED) is 0.659. The summed E-state index contributed by atoms with van der Waals surface area (Å²) in [6.45, 7) is 6.32. The lowest BCUT2D eigenvalue weighted by Gasteiger charge is -1.98. The van der Waals surface area contributed by atoms with E-state index in [9.17, 15) is 0 Å². The van der Waals surface area contributed by atoms with Crippen LogP contribution in [0.2, 0.25) is 0 Å². The summed E-state index contributed by atoms with van der Waals surface area (Å²) in [6, 6.07) is 2.06. The first-order valence-electron chi connectivity index (χ1n) is 4.27. The second-order valence-corrected chi connectivity index (χ2v) is 3.79. The van der Waals surface area contributed by atoms with Gasteiger partial charge in [-0.1, -0.05) is 13.8 Å². The Hall–Kier alpha value is -0.430. The molecule has 12 heavy (non-hydrogen) atoms. The molecule has 0 amide bonds. The van der Waals surface area contributed by atoms with E-state index in [0.717, 1.165) is 23.5 Å². The molecular weight excluding hydrogens is 172 g/mol. The summed E-state index contributed by atoms with van der Waals surface area (Å²) in [5.41, 5.74) is 1.12. The predicted octanol–water partition coefficient (Wildman–Crippen LogP) is 3.53. The van der Waals surface area contributed by atoms with Gasteiger partial charge in [0, 0.05) is 12.0 Å². The van der Waals surface area contributed by atoms with Crippen molar-refractivity contribution in [2.75, 3.05) is 0 Å². The molecule has 0 saturated heterocycles. The van der Waals surface area contributed by atoms with Crippen molar-refractivity contribution in [3.05, 3.63) is 23.2 Å². The van der Waals surface area contributed by atoms with Crippen LogP contribution < -0.4 is 0 Å². The van der Waals surface area contributed by atoms with Gasteiger partial charge in [0.05, 0.1) is 5.88 Å². The summed E-state index contributed by atoms with van der Waals surface area (Å²) >= 11 is 5.72. The Bertz CT molecular complexity index is 250. The average Bonchev–Trinajstić information content (AvgIpc) is 2.29. The number of alkyl halides is 1. The molecule has 0 aromatic carbocycles. The van der Waals surface area contributed by atoms with E-state index in [-0.39, 0.29) is 0 Å². The number of aryl methyl sites for hydroxylation is 1. The Balaban J connectivity index is 2.75. The largest absolute Gasteiger partial charge is 0.466 e. The van der Waals surface area contributed by atoms with Gasteiger partial charge in [-0.2, -0.15) is 0 Å². The molecule has 1 heterocycles. The van der Waals surface area contributed by atoms with Gasteiger partial charge in [0.2, 0.25) is 0 Å².